The van der Waals surface area contributed by atoms with Crippen molar-refractivity contribution in [2.45, 2.75) is 25.6 Å². The molecule has 0 spiro atoms. The summed E-state index contributed by atoms with van der Waals surface area (Å²) in [4.78, 5) is 18.1. The van der Waals surface area contributed by atoms with E-state index < -0.39 is 12.7 Å². The predicted molar refractivity (Wildman–Crippen MR) is 84.7 cm³/mol. The van der Waals surface area contributed by atoms with Gasteiger partial charge in [-0.1, -0.05) is 12.1 Å². The fourth-order valence-corrected chi connectivity index (χ4v) is 2.66. The van der Waals surface area contributed by atoms with Gasteiger partial charge in [0.1, 0.15) is 23.4 Å². The van der Waals surface area contributed by atoms with E-state index in [0.29, 0.717) is 25.3 Å². The number of aromatic nitrogens is 1. The second-order valence-corrected chi connectivity index (χ2v) is 5.63. The maximum absolute atomic E-state index is 12.9. The van der Waals surface area contributed by atoms with Gasteiger partial charge < -0.3 is 15.0 Å². The minimum Gasteiger partial charge on any atom is -0.433 e. The van der Waals surface area contributed by atoms with Crippen LogP contribution in [-0.2, 0) is 11.3 Å². The highest BCUT2D eigenvalue weighted by molar-refractivity contribution is 5.86. The molecule has 2 heterocycles. The third kappa shape index (κ3) is 4.40. The number of likely N-dealkylation sites (tertiary alicyclic amines) is 1. The first-order valence-corrected chi connectivity index (χ1v) is 7.72. The summed E-state index contributed by atoms with van der Waals surface area (Å²) in [5, 5.41) is 2.99. The normalized spacial score (nSPS) is 17.2. The molecule has 0 aliphatic carbocycles. The number of pyridine rings is 1. The van der Waals surface area contributed by atoms with E-state index >= 15 is 0 Å². The van der Waals surface area contributed by atoms with Crippen LogP contribution in [0.2, 0.25) is 0 Å². The van der Waals surface area contributed by atoms with Gasteiger partial charge >= 0.3 is 6.61 Å². The molecule has 1 aliphatic heterocycles. The molecule has 8 heteroatoms. The summed E-state index contributed by atoms with van der Waals surface area (Å²) in [5.41, 5.74) is 0.849. The van der Waals surface area contributed by atoms with Crippen LogP contribution in [-0.4, -0.2) is 35.0 Å². The maximum atomic E-state index is 12.9. The highest BCUT2D eigenvalue weighted by Crippen LogP contribution is 2.20. The van der Waals surface area contributed by atoms with E-state index in [-0.39, 0.29) is 17.5 Å². The highest BCUT2D eigenvalue weighted by atomic mass is 19.3. The van der Waals surface area contributed by atoms with Gasteiger partial charge in [-0.25, -0.2) is 9.37 Å². The number of halogens is 3. The molecule has 3 rings (SSSR count). The molecule has 1 fully saturated rings. The van der Waals surface area contributed by atoms with Crippen LogP contribution in [0.25, 0.3) is 0 Å². The average Bonchev–Trinajstić information content (AvgIpc) is 2.91. The lowest BCUT2D eigenvalue weighted by Gasteiger charge is -2.17. The molecule has 0 radical (unpaired) electrons. The Balaban J connectivity index is 1.57. The minimum atomic E-state index is -2.91. The van der Waals surface area contributed by atoms with Crippen molar-refractivity contribution in [1.82, 2.24) is 9.88 Å². The number of carbonyl (C=O) groups is 1. The molecular weight excluding hydrogens is 335 g/mol. The molecule has 1 aromatic heterocycles. The van der Waals surface area contributed by atoms with E-state index in [0.717, 1.165) is 5.56 Å². The number of carbonyl (C=O) groups excluding carboxylic acids is 1. The zero-order valence-electron chi connectivity index (χ0n) is 13.2. The standard InChI is InChI=1S/C17H16F3N3O2/c18-12-3-1-11(2-4-12)10-23-8-7-14(16(23)24)22-15-6-5-13(9-21-15)25-17(19)20/h1-6,9,14,17H,7-8,10H2,(H,21,22). The molecule has 1 N–H and O–H groups in total. The molecule has 1 aromatic carbocycles. The van der Waals surface area contributed by atoms with Crippen LogP contribution in [0, 0.1) is 5.82 Å². The van der Waals surface area contributed by atoms with E-state index in [1.807, 2.05) is 0 Å². The Morgan fingerprint density at radius 1 is 1.24 bits per heavy atom. The topological polar surface area (TPSA) is 54.5 Å². The van der Waals surface area contributed by atoms with Crippen LogP contribution in [0.1, 0.15) is 12.0 Å². The minimum absolute atomic E-state index is 0.0452. The fraction of sp³-hybridized carbons (Fsp3) is 0.294. The molecule has 2 aromatic rings. The van der Waals surface area contributed by atoms with Crippen molar-refractivity contribution in [3.05, 3.63) is 54.0 Å². The van der Waals surface area contributed by atoms with E-state index in [2.05, 4.69) is 15.0 Å². The summed E-state index contributed by atoms with van der Waals surface area (Å²) in [6.07, 6.45) is 1.77. The van der Waals surface area contributed by atoms with Gasteiger partial charge in [-0.15, -0.1) is 0 Å². The van der Waals surface area contributed by atoms with E-state index in [1.165, 1.54) is 30.5 Å². The Labute approximate surface area is 142 Å². The first kappa shape index (κ1) is 17.1. The zero-order chi connectivity index (χ0) is 17.8. The number of hydrogen-bond donors (Lipinski definition) is 1. The molecule has 5 nitrogen and oxygen atoms in total. The SMILES string of the molecule is O=C1C(Nc2ccc(OC(F)F)cn2)CCN1Cc1ccc(F)cc1. The first-order valence-electron chi connectivity index (χ1n) is 7.72. The molecule has 1 unspecified atom stereocenters. The van der Waals surface area contributed by atoms with Crippen LogP contribution in [0.4, 0.5) is 19.0 Å². The molecule has 1 atom stereocenters. The number of nitrogens with zero attached hydrogens (tertiary/aromatic N) is 2. The number of anilines is 1. The lowest BCUT2D eigenvalue weighted by Crippen LogP contribution is -2.33. The first-order chi connectivity index (χ1) is 12.0. The number of hydrogen-bond acceptors (Lipinski definition) is 4. The Morgan fingerprint density at radius 3 is 2.64 bits per heavy atom. The maximum Gasteiger partial charge on any atom is 0.387 e. The van der Waals surface area contributed by atoms with Gasteiger partial charge in [0.15, 0.2) is 0 Å². The molecule has 1 saturated heterocycles. The molecule has 132 valence electrons. The van der Waals surface area contributed by atoms with Gasteiger partial charge in [-0.3, -0.25) is 4.79 Å². The summed E-state index contributed by atoms with van der Waals surface area (Å²) in [7, 11) is 0. The van der Waals surface area contributed by atoms with Crippen molar-refractivity contribution >= 4 is 11.7 Å². The average molecular weight is 351 g/mol. The second kappa shape index (κ2) is 7.42. The van der Waals surface area contributed by atoms with Crippen LogP contribution in [0.15, 0.2) is 42.6 Å². The fourth-order valence-electron chi connectivity index (χ4n) is 2.66. The summed E-state index contributed by atoms with van der Waals surface area (Å²) in [5.74, 6) is -0.0414. The number of ether oxygens (including phenoxy) is 1. The van der Waals surface area contributed by atoms with Gasteiger partial charge in [0.25, 0.3) is 0 Å². The number of nitrogens with one attached hydrogen (secondary N) is 1. The summed E-state index contributed by atoms with van der Waals surface area (Å²) in [6, 6.07) is 8.41. The Bertz CT molecular complexity index is 723. The van der Waals surface area contributed by atoms with Crippen molar-refractivity contribution < 1.29 is 22.7 Å². The summed E-state index contributed by atoms with van der Waals surface area (Å²) >= 11 is 0. The highest BCUT2D eigenvalue weighted by Gasteiger charge is 2.31. The van der Waals surface area contributed by atoms with Gasteiger partial charge in [0, 0.05) is 13.1 Å². The van der Waals surface area contributed by atoms with Gasteiger partial charge in [0.05, 0.1) is 6.20 Å². The molecule has 0 saturated carbocycles. The van der Waals surface area contributed by atoms with Crippen LogP contribution >= 0.6 is 0 Å². The van der Waals surface area contributed by atoms with Crippen LogP contribution < -0.4 is 10.1 Å². The van der Waals surface area contributed by atoms with Crippen molar-refractivity contribution in [2.75, 3.05) is 11.9 Å². The summed E-state index contributed by atoms with van der Waals surface area (Å²) in [6.45, 7) is -1.93. The van der Waals surface area contributed by atoms with Crippen molar-refractivity contribution in [2.24, 2.45) is 0 Å². The van der Waals surface area contributed by atoms with Crippen molar-refractivity contribution in [3.8, 4) is 5.75 Å². The molecule has 0 bridgehead atoms. The smallest absolute Gasteiger partial charge is 0.387 e. The van der Waals surface area contributed by atoms with Crippen molar-refractivity contribution in [1.29, 1.82) is 0 Å². The number of benzene rings is 1. The third-order valence-electron chi connectivity index (χ3n) is 3.87. The van der Waals surface area contributed by atoms with Crippen molar-refractivity contribution in [3.63, 3.8) is 0 Å². The van der Waals surface area contributed by atoms with Gasteiger partial charge in [0.2, 0.25) is 5.91 Å². The molecular formula is C17H16F3N3O2. The van der Waals surface area contributed by atoms with Gasteiger partial charge in [-0.05, 0) is 36.2 Å². The molecule has 1 aliphatic rings. The second-order valence-electron chi connectivity index (χ2n) is 5.63. The number of rotatable bonds is 6. The van der Waals surface area contributed by atoms with Gasteiger partial charge in [-0.2, -0.15) is 8.78 Å². The van der Waals surface area contributed by atoms with E-state index in [4.69, 9.17) is 0 Å². The Morgan fingerprint density at radius 2 is 2.00 bits per heavy atom. The quantitative estimate of drug-likeness (QED) is 0.869. The lowest BCUT2D eigenvalue weighted by atomic mass is 10.2. The van der Waals surface area contributed by atoms with E-state index in [1.54, 1.807) is 17.0 Å². The molecule has 1 amide bonds. The lowest BCUT2D eigenvalue weighted by molar-refractivity contribution is -0.128. The van der Waals surface area contributed by atoms with E-state index in [9.17, 15) is 18.0 Å². The third-order valence-corrected chi connectivity index (χ3v) is 3.87. The largest absolute Gasteiger partial charge is 0.433 e. The monoisotopic (exact) mass is 351 g/mol. The predicted octanol–water partition coefficient (Wildman–Crippen LogP) is 3.04. The Hall–Kier alpha value is -2.77. The van der Waals surface area contributed by atoms with Crippen LogP contribution in [0.3, 0.4) is 0 Å². The Kier molecular flexibility index (Phi) is 5.06. The molecule has 25 heavy (non-hydrogen) atoms. The summed E-state index contributed by atoms with van der Waals surface area (Å²) < 4.78 is 41.4. The number of amides is 1. The zero-order valence-corrected chi connectivity index (χ0v) is 13.2. The number of alkyl halides is 2. The van der Waals surface area contributed by atoms with Crippen LogP contribution in [0.5, 0.6) is 5.75 Å².